The van der Waals surface area contributed by atoms with Crippen LogP contribution >= 0.6 is 39.9 Å². The Morgan fingerprint density at radius 2 is 1.89 bits per heavy atom. The number of fused-ring (bicyclic) bond motifs is 1. The van der Waals surface area contributed by atoms with Gasteiger partial charge in [-0.15, -0.1) is 0 Å². The summed E-state index contributed by atoms with van der Waals surface area (Å²) in [5, 5.41) is 11.4. The van der Waals surface area contributed by atoms with Crippen molar-refractivity contribution in [3.63, 3.8) is 0 Å². The van der Waals surface area contributed by atoms with Gasteiger partial charge in [-0.3, -0.25) is 19.8 Å². The molecule has 7 nitrogen and oxygen atoms in total. The van der Waals surface area contributed by atoms with Crippen molar-refractivity contribution in [2.24, 2.45) is 0 Å². The third-order valence-electron chi connectivity index (χ3n) is 3.88. The zero-order valence-electron chi connectivity index (χ0n) is 13.4. The number of thioether (sulfide) groups is 1. The highest BCUT2D eigenvalue weighted by Gasteiger charge is 2.34. The maximum Gasteiger partial charge on any atom is 0.280 e. The number of carbonyl (C=O) groups excluding carboxylic acids is 1. The first-order valence-corrected chi connectivity index (χ1v) is 9.57. The predicted octanol–water partition coefficient (Wildman–Crippen LogP) is 4.49. The third-order valence-corrected chi connectivity index (χ3v) is 5.71. The number of ether oxygens (including phenoxy) is 2. The Hall–Kier alpha value is -2.43. The van der Waals surface area contributed by atoms with Gasteiger partial charge in [-0.25, -0.2) is 0 Å². The first-order valence-electron chi connectivity index (χ1n) is 7.55. The van der Waals surface area contributed by atoms with E-state index in [9.17, 15) is 14.9 Å². The van der Waals surface area contributed by atoms with Crippen LogP contribution in [0.15, 0.2) is 45.8 Å². The van der Waals surface area contributed by atoms with Crippen molar-refractivity contribution in [2.45, 2.75) is 0 Å². The van der Waals surface area contributed by atoms with E-state index in [1.807, 2.05) is 0 Å². The highest BCUT2D eigenvalue weighted by molar-refractivity contribution is 9.10. The summed E-state index contributed by atoms with van der Waals surface area (Å²) in [6.07, 6.45) is 1.46. The Balaban J connectivity index is 1.73. The maximum atomic E-state index is 12.8. The van der Waals surface area contributed by atoms with E-state index in [1.54, 1.807) is 24.3 Å². The van der Waals surface area contributed by atoms with Crippen LogP contribution in [-0.4, -0.2) is 21.9 Å². The molecular weight excluding hydrogens is 456 g/mol. The molecule has 2 aromatic carbocycles. The van der Waals surface area contributed by atoms with E-state index >= 15 is 0 Å². The number of nitro groups is 1. The zero-order valence-corrected chi connectivity index (χ0v) is 16.6. The van der Waals surface area contributed by atoms with Crippen LogP contribution in [-0.2, 0) is 4.79 Å². The van der Waals surface area contributed by atoms with Gasteiger partial charge < -0.3 is 9.47 Å². The maximum absolute atomic E-state index is 12.8. The lowest BCUT2D eigenvalue weighted by Crippen LogP contribution is -2.27. The van der Waals surface area contributed by atoms with Crippen LogP contribution in [0.25, 0.3) is 6.08 Å². The number of rotatable bonds is 3. The summed E-state index contributed by atoms with van der Waals surface area (Å²) >= 11 is 9.77. The molecule has 0 bridgehead atoms. The van der Waals surface area contributed by atoms with Crippen molar-refractivity contribution < 1.29 is 19.2 Å². The fourth-order valence-corrected chi connectivity index (χ4v) is 4.20. The second-order valence-electron chi connectivity index (χ2n) is 5.51. The van der Waals surface area contributed by atoms with Gasteiger partial charge in [0.15, 0.2) is 15.8 Å². The quantitative estimate of drug-likeness (QED) is 0.286. The van der Waals surface area contributed by atoms with Crippen molar-refractivity contribution in [2.75, 3.05) is 11.7 Å². The number of benzene rings is 2. The molecule has 0 saturated carbocycles. The number of carbonyl (C=O) groups is 1. The molecule has 10 heteroatoms. The van der Waals surface area contributed by atoms with Crippen molar-refractivity contribution in [1.82, 2.24) is 0 Å². The van der Waals surface area contributed by atoms with Gasteiger partial charge in [0.25, 0.3) is 11.6 Å². The first-order chi connectivity index (χ1) is 12.9. The van der Waals surface area contributed by atoms with Crippen LogP contribution in [0.1, 0.15) is 5.56 Å². The molecule has 27 heavy (non-hydrogen) atoms. The topological polar surface area (TPSA) is 81.9 Å². The molecule has 2 aromatic rings. The van der Waals surface area contributed by atoms with Gasteiger partial charge in [0, 0.05) is 4.47 Å². The molecule has 0 N–H and O–H groups in total. The Kier molecular flexibility index (Phi) is 4.62. The molecule has 4 rings (SSSR count). The van der Waals surface area contributed by atoms with Crippen LogP contribution in [0, 0.1) is 10.1 Å². The second kappa shape index (κ2) is 6.95. The van der Waals surface area contributed by atoms with E-state index < -0.39 is 4.92 Å². The summed E-state index contributed by atoms with van der Waals surface area (Å²) in [5.74, 6) is 0.371. The number of nitrogens with zero attached hydrogens (tertiary/aromatic N) is 2. The molecule has 1 saturated heterocycles. The molecule has 0 aromatic heterocycles. The lowest BCUT2D eigenvalue weighted by atomic mass is 10.1. The zero-order chi connectivity index (χ0) is 19.1. The minimum atomic E-state index is -0.525. The van der Waals surface area contributed by atoms with Crippen molar-refractivity contribution in [3.8, 4) is 11.5 Å². The van der Waals surface area contributed by atoms with Gasteiger partial charge >= 0.3 is 0 Å². The molecule has 2 aliphatic heterocycles. The Bertz CT molecular complexity index is 1020. The number of thiocarbonyl (C=S) groups is 1. The number of hydrogen-bond acceptors (Lipinski definition) is 7. The van der Waals surface area contributed by atoms with E-state index in [1.165, 1.54) is 23.1 Å². The molecule has 0 unspecified atom stereocenters. The molecule has 2 aliphatic rings. The molecular formula is C17H9BrN2O5S2. The average Bonchev–Trinajstić information content (AvgIpc) is 3.19. The van der Waals surface area contributed by atoms with E-state index in [0.717, 1.165) is 16.2 Å². The van der Waals surface area contributed by atoms with Gasteiger partial charge in [-0.1, -0.05) is 39.9 Å². The summed E-state index contributed by atoms with van der Waals surface area (Å²) < 4.78 is 11.7. The molecule has 2 heterocycles. The van der Waals surface area contributed by atoms with E-state index in [4.69, 9.17) is 21.7 Å². The summed E-state index contributed by atoms with van der Waals surface area (Å²) in [7, 11) is 0. The van der Waals surface area contributed by atoms with Gasteiger partial charge in [0.05, 0.1) is 27.1 Å². The smallest absolute Gasteiger partial charge is 0.280 e. The minimum Gasteiger partial charge on any atom is -0.454 e. The minimum absolute atomic E-state index is 0.00161. The largest absolute Gasteiger partial charge is 0.454 e. The molecule has 0 aliphatic carbocycles. The summed E-state index contributed by atoms with van der Waals surface area (Å²) in [4.78, 5) is 25.4. The number of hydrogen-bond donors (Lipinski definition) is 0. The van der Waals surface area contributed by atoms with Crippen molar-refractivity contribution in [3.05, 3.63) is 61.5 Å². The van der Waals surface area contributed by atoms with Gasteiger partial charge in [0.1, 0.15) is 0 Å². The van der Waals surface area contributed by atoms with Crippen molar-refractivity contribution >= 4 is 67.6 Å². The van der Waals surface area contributed by atoms with Crippen LogP contribution in [0.3, 0.4) is 0 Å². The fourth-order valence-electron chi connectivity index (χ4n) is 2.64. The standard InChI is InChI=1S/C17H9BrN2O5S2/c18-10-1-3-11(4-2-10)19-16(21)15(27-17(19)26)6-9-5-13-14(25-8-24-13)7-12(9)20(22)23/h1-7H,8H2/b15-6-. The van der Waals surface area contributed by atoms with E-state index in [0.29, 0.717) is 26.4 Å². The first kappa shape index (κ1) is 18.0. The third kappa shape index (κ3) is 3.31. The monoisotopic (exact) mass is 464 g/mol. The number of anilines is 1. The molecule has 1 fully saturated rings. The van der Waals surface area contributed by atoms with Crippen LogP contribution < -0.4 is 14.4 Å². The van der Waals surface area contributed by atoms with Gasteiger partial charge in [-0.05, 0) is 36.4 Å². The van der Waals surface area contributed by atoms with Crippen molar-refractivity contribution in [1.29, 1.82) is 0 Å². The number of amides is 1. The highest BCUT2D eigenvalue weighted by atomic mass is 79.9. The summed E-state index contributed by atoms with van der Waals surface area (Å²) in [5.41, 5.74) is 0.706. The Morgan fingerprint density at radius 3 is 2.56 bits per heavy atom. The molecule has 136 valence electrons. The predicted molar refractivity (Wildman–Crippen MR) is 109 cm³/mol. The summed E-state index contributed by atoms with van der Waals surface area (Å²) in [6, 6.07) is 9.93. The summed E-state index contributed by atoms with van der Waals surface area (Å²) in [6.45, 7) is 0.00161. The second-order valence-corrected chi connectivity index (χ2v) is 8.11. The molecule has 0 atom stereocenters. The van der Waals surface area contributed by atoms with Crippen LogP contribution in [0.4, 0.5) is 11.4 Å². The van der Waals surface area contributed by atoms with Crippen LogP contribution in [0.2, 0.25) is 0 Å². The molecule has 0 spiro atoms. The lowest BCUT2D eigenvalue weighted by Gasteiger charge is -2.14. The number of nitro benzene ring substituents is 1. The number of halogens is 1. The van der Waals surface area contributed by atoms with Gasteiger partial charge in [-0.2, -0.15) is 0 Å². The molecule has 0 radical (unpaired) electrons. The SMILES string of the molecule is O=C1/C(=C/c2cc3c(cc2[N+](=O)[O-])OCO3)SC(=S)N1c1ccc(Br)cc1. The fraction of sp³-hybridized carbons (Fsp3) is 0.0588. The van der Waals surface area contributed by atoms with Crippen LogP contribution in [0.5, 0.6) is 11.5 Å². The molecule has 1 amide bonds. The van der Waals surface area contributed by atoms with E-state index in [2.05, 4.69) is 15.9 Å². The lowest BCUT2D eigenvalue weighted by molar-refractivity contribution is -0.385. The average molecular weight is 465 g/mol. The Labute approximate surface area is 171 Å². The highest BCUT2D eigenvalue weighted by Crippen LogP contribution is 2.41. The Morgan fingerprint density at radius 1 is 1.22 bits per heavy atom. The van der Waals surface area contributed by atoms with E-state index in [-0.39, 0.29) is 24.0 Å². The van der Waals surface area contributed by atoms with Gasteiger partial charge in [0.2, 0.25) is 6.79 Å². The normalized spacial score (nSPS) is 17.1.